The Morgan fingerprint density at radius 2 is 2.05 bits per heavy atom. The van der Waals surface area contributed by atoms with Gasteiger partial charge in [-0.1, -0.05) is 6.92 Å². The van der Waals surface area contributed by atoms with Crippen LogP contribution in [0.5, 0.6) is 0 Å². The van der Waals surface area contributed by atoms with E-state index >= 15 is 0 Å². The van der Waals surface area contributed by atoms with Gasteiger partial charge in [0, 0.05) is 19.8 Å². The van der Waals surface area contributed by atoms with Crippen LogP contribution in [0.3, 0.4) is 0 Å². The molecular weight excluding hydrogens is 244 g/mol. The molecule has 1 amide bonds. The van der Waals surface area contributed by atoms with Crippen molar-refractivity contribution in [1.82, 2.24) is 10.2 Å². The largest absolute Gasteiger partial charge is 0.396 e. The number of amides is 1. The summed E-state index contributed by atoms with van der Waals surface area (Å²) >= 11 is 0. The fourth-order valence-electron chi connectivity index (χ4n) is 2.47. The van der Waals surface area contributed by atoms with Crippen LogP contribution in [-0.4, -0.2) is 61.9 Å². The smallest absolute Gasteiger partial charge is 0.234 e. The molecule has 0 aromatic heterocycles. The van der Waals surface area contributed by atoms with E-state index in [9.17, 15) is 9.90 Å². The Hall–Kier alpha value is -0.650. The molecule has 1 saturated heterocycles. The van der Waals surface area contributed by atoms with Crippen molar-refractivity contribution in [1.29, 1.82) is 0 Å². The molecule has 0 aliphatic carbocycles. The lowest BCUT2D eigenvalue weighted by Crippen LogP contribution is -2.46. The normalized spacial score (nSPS) is 19.3. The predicted octanol–water partition coefficient (Wildman–Crippen LogP) is 0.624. The zero-order valence-corrected chi connectivity index (χ0v) is 12.3. The third kappa shape index (κ3) is 5.47. The Morgan fingerprint density at radius 3 is 2.58 bits per heavy atom. The fraction of sp³-hybridized carbons (Fsp3) is 0.929. The quantitative estimate of drug-likeness (QED) is 0.636. The summed E-state index contributed by atoms with van der Waals surface area (Å²) in [6.45, 7) is 8.42. The second kappa shape index (κ2) is 8.51. The summed E-state index contributed by atoms with van der Waals surface area (Å²) in [7, 11) is 0. The van der Waals surface area contributed by atoms with Gasteiger partial charge in [-0.05, 0) is 44.7 Å². The lowest BCUT2D eigenvalue weighted by atomic mass is 9.77. The molecule has 19 heavy (non-hydrogen) atoms. The van der Waals surface area contributed by atoms with Gasteiger partial charge in [0.1, 0.15) is 0 Å². The number of hydrogen-bond acceptors (Lipinski definition) is 4. The Kier molecular flexibility index (Phi) is 7.34. The van der Waals surface area contributed by atoms with Crippen LogP contribution in [0.2, 0.25) is 0 Å². The Bertz CT molecular complexity index is 257. The number of nitrogens with one attached hydrogen (secondary N) is 1. The molecule has 0 radical (unpaired) electrons. The summed E-state index contributed by atoms with van der Waals surface area (Å²) in [6.07, 6.45) is 2.97. The van der Waals surface area contributed by atoms with E-state index in [1.165, 1.54) is 0 Å². The number of hydrogen-bond donors (Lipinski definition) is 2. The van der Waals surface area contributed by atoms with Crippen LogP contribution in [0.25, 0.3) is 0 Å². The highest BCUT2D eigenvalue weighted by Crippen LogP contribution is 2.33. The molecule has 1 aliphatic heterocycles. The van der Waals surface area contributed by atoms with E-state index in [0.717, 1.165) is 32.4 Å². The van der Waals surface area contributed by atoms with Crippen molar-refractivity contribution in [2.75, 3.05) is 46.0 Å². The van der Waals surface area contributed by atoms with Crippen molar-refractivity contribution in [2.24, 2.45) is 5.41 Å². The summed E-state index contributed by atoms with van der Waals surface area (Å²) in [5.41, 5.74) is 0.0853. The molecule has 0 aromatic rings. The lowest BCUT2D eigenvalue weighted by Gasteiger charge is -2.39. The first-order valence-electron chi connectivity index (χ1n) is 7.33. The van der Waals surface area contributed by atoms with Crippen molar-refractivity contribution in [2.45, 2.75) is 33.1 Å². The van der Waals surface area contributed by atoms with Gasteiger partial charge in [0.25, 0.3) is 0 Å². The maximum absolute atomic E-state index is 11.7. The molecule has 1 rings (SSSR count). The fourth-order valence-corrected chi connectivity index (χ4v) is 2.47. The first kappa shape index (κ1) is 16.4. The highest BCUT2D eigenvalue weighted by atomic mass is 16.5. The van der Waals surface area contributed by atoms with E-state index in [0.29, 0.717) is 26.3 Å². The van der Waals surface area contributed by atoms with Crippen LogP contribution in [0.4, 0.5) is 0 Å². The van der Waals surface area contributed by atoms with Crippen LogP contribution >= 0.6 is 0 Å². The van der Waals surface area contributed by atoms with Gasteiger partial charge in [0.05, 0.1) is 13.2 Å². The van der Waals surface area contributed by atoms with E-state index in [2.05, 4.69) is 17.1 Å². The van der Waals surface area contributed by atoms with Crippen molar-refractivity contribution < 1.29 is 14.6 Å². The minimum atomic E-state index is 0.0627. The second-order valence-electron chi connectivity index (χ2n) is 5.33. The molecular formula is C14H28N2O3. The average molecular weight is 272 g/mol. The average Bonchev–Trinajstić information content (AvgIpc) is 2.45. The van der Waals surface area contributed by atoms with E-state index < -0.39 is 0 Å². The Balaban J connectivity index is 2.19. The van der Waals surface area contributed by atoms with Gasteiger partial charge in [-0.15, -0.1) is 0 Å². The summed E-state index contributed by atoms with van der Waals surface area (Å²) in [5, 5.41) is 12.3. The van der Waals surface area contributed by atoms with Crippen LogP contribution in [0.1, 0.15) is 33.1 Å². The molecule has 0 bridgehead atoms. The SMILES string of the molecule is CCOCCNC(=O)CN1CCC(CC)(CO)CC1. The van der Waals surface area contributed by atoms with Gasteiger partial charge >= 0.3 is 0 Å². The number of nitrogens with zero attached hydrogens (tertiary/aromatic N) is 1. The topological polar surface area (TPSA) is 61.8 Å². The number of aliphatic hydroxyl groups excluding tert-OH is 1. The molecule has 1 heterocycles. The number of rotatable bonds is 8. The summed E-state index contributed by atoms with van der Waals surface area (Å²) in [6, 6.07) is 0. The third-order valence-corrected chi connectivity index (χ3v) is 4.14. The van der Waals surface area contributed by atoms with E-state index in [1.54, 1.807) is 0 Å². The van der Waals surface area contributed by atoms with Crippen LogP contribution in [-0.2, 0) is 9.53 Å². The Labute approximate surface area is 116 Å². The molecule has 5 heteroatoms. The van der Waals surface area contributed by atoms with Gasteiger partial charge in [-0.2, -0.15) is 0 Å². The summed E-state index contributed by atoms with van der Waals surface area (Å²) < 4.78 is 5.17. The van der Waals surface area contributed by atoms with Crippen molar-refractivity contribution in [3.8, 4) is 0 Å². The molecule has 0 unspecified atom stereocenters. The van der Waals surface area contributed by atoms with E-state index in [-0.39, 0.29) is 17.9 Å². The summed E-state index contributed by atoms with van der Waals surface area (Å²) in [4.78, 5) is 13.9. The Morgan fingerprint density at radius 1 is 1.37 bits per heavy atom. The van der Waals surface area contributed by atoms with Gasteiger partial charge in [-0.3, -0.25) is 9.69 Å². The minimum absolute atomic E-state index is 0.0627. The molecule has 2 N–H and O–H groups in total. The predicted molar refractivity (Wildman–Crippen MR) is 75.0 cm³/mol. The third-order valence-electron chi connectivity index (χ3n) is 4.14. The number of ether oxygens (including phenoxy) is 1. The van der Waals surface area contributed by atoms with Gasteiger partial charge < -0.3 is 15.2 Å². The van der Waals surface area contributed by atoms with Gasteiger partial charge in [-0.25, -0.2) is 0 Å². The molecule has 0 atom stereocenters. The number of carbonyl (C=O) groups is 1. The molecule has 1 aliphatic rings. The van der Waals surface area contributed by atoms with Gasteiger partial charge in [0.15, 0.2) is 0 Å². The van der Waals surface area contributed by atoms with Crippen molar-refractivity contribution >= 4 is 5.91 Å². The zero-order valence-electron chi connectivity index (χ0n) is 12.3. The molecule has 5 nitrogen and oxygen atoms in total. The highest BCUT2D eigenvalue weighted by Gasteiger charge is 2.32. The number of aliphatic hydroxyl groups is 1. The molecule has 1 fully saturated rings. The second-order valence-corrected chi connectivity index (χ2v) is 5.33. The monoisotopic (exact) mass is 272 g/mol. The number of piperidine rings is 1. The lowest BCUT2D eigenvalue weighted by molar-refractivity contribution is -0.123. The first-order valence-corrected chi connectivity index (χ1v) is 7.33. The van der Waals surface area contributed by atoms with Gasteiger partial charge in [0.2, 0.25) is 5.91 Å². The number of likely N-dealkylation sites (tertiary alicyclic amines) is 1. The zero-order chi connectivity index (χ0) is 14.1. The van der Waals surface area contributed by atoms with E-state index in [1.807, 2.05) is 6.92 Å². The van der Waals surface area contributed by atoms with Crippen molar-refractivity contribution in [3.05, 3.63) is 0 Å². The first-order chi connectivity index (χ1) is 9.15. The molecule has 112 valence electrons. The molecule has 0 saturated carbocycles. The van der Waals surface area contributed by atoms with Crippen molar-refractivity contribution in [3.63, 3.8) is 0 Å². The number of carbonyl (C=O) groups excluding carboxylic acids is 1. The minimum Gasteiger partial charge on any atom is -0.396 e. The van der Waals surface area contributed by atoms with Crippen LogP contribution in [0, 0.1) is 5.41 Å². The maximum Gasteiger partial charge on any atom is 0.234 e. The summed E-state index contributed by atoms with van der Waals surface area (Å²) in [5.74, 6) is 0.0627. The van der Waals surface area contributed by atoms with Crippen LogP contribution in [0.15, 0.2) is 0 Å². The maximum atomic E-state index is 11.7. The standard InChI is InChI=1S/C14H28N2O3/c1-3-14(12-17)5-8-16(9-6-14)11-13(18)15-7-10-19-4-2/h17H,3-12H2,1-2H3,(H,15,18). The van der Waals surface area contributed by atoms with E-state index in [4.69, 9.17) is 4.74 Å². The highest BCUT2D eigenvalue weighted by molar-refractivity contribution is 5.77. The van der Waals surface area contributed by atoms with Crippen LogP contribution < -0.4 is 5.32 Å². The molecule has 0 spiro atoms. The molecule has 0 aromatic carbocycles.